The van der Waals surface area contributed by atoms with Gasteiger partial charge in [-0.1, -0.05) is 6.07 Å². The Morgan fingerprint density at radius 3 is 2.62 bits per heavy atom. The molecule has 2 amide bonds. The molecular weight excluding hydrogens is 275 g/mol. The largest absolute Gasteiger partial charge is 0.481 e. The third kappa shape index (κ3) is 3.93. The van der Waals surface area contributed by atoms with E-state index in [0.29, 0.717) is 25.8 Å². The molecular formula is C15H19FN2O3. The summed E-state index contributed by atoms with van der Waals surface area (Å²) >= 11 is 0. The van der Waals surface area contributed by atoms with Crippen LogP contribution in [0, 0.1) is 18.2 Å². The summed E-state index contributed by atoms with van der Waals surface area (Å²) in [5.74, 6) is -1.13. The first-order valence-corrected chi connectivity index (χ1v) is 6.93. The summed E-state index contributed by atoms with van der Waals surface area (Å²) in [6, 6.07) is 4.18. The van der Waals surface area contributed by atoms with E-state index in [1.54, 1.807) is 6.07 Å². The second kappa shape index (κ2) is 6.11. The van der Waals surface area contributed by atoms with Gasteiger partial charge in [0.15, 0.2) is 0 Å². The van der Waals surface area contributed by atoms with Crippen LogP contribution in [-0.4, -0.2) is 30.2 Å². The van der Waals surface area contributed by atoms with Gasteiger partial charge in [-0.3, -0.25) is 4.79 Å². The van der Waals surface area contributed by atoms with Crippen LogP contribution in [-0.2, 0) is 11.2 Å². The maximum Gasteiger partial charge on any atom is 0.314 e. The molecule has 2 rings (SSSR count). The van der Waals surface area contributed by atoms with Crippen LogP contribution in [0.5, 0.6) is 0 Å². The van der Waals surface area contributed by atoms with E-state index >= 15 is 0 Å². The predicted octanol–water partition coefficient (Wildman–Crippen LogP) is 1.84. The smallest absolute Gasteiger partial charge is 0.314 e. The lowest BCUT2D eigenvalue weighted by atomic mass is 10.1. The Balaban J connectivity index is 1.71. The Bertz CT molecular complexity index is 556. The second-order valence-corrected chi connectivity index (χ2v) is 5.52. The molecule has 0 aromatic heterocycles. The van der Waals surface area contributed by atoms with Crippen molar-refractivity contribution in [2.75, 3.05) is 13.1 Å². The minimum atomic E-state index is -0.857. The minimum absolute atomic E-state index is 0.156. The van der Waals surface area contributed by atoms with Gasteiger partial charge in [-0.05, 0) is 49.4 Å². The van der Waals surface area contributed by atoms with Gasteiger partial charge in [0.25, 0.3) is 0 Å². The molecule has 0 saturated heterocycles. The molecule has 0 aliphatic heterocycles. The van der Waals surface area contributed by atoms with Gasteiger partial charge in [0.05, 0.1) is 5.41 Å². The van der Waals surface area contributed by atoms with Crippen LogP contribution in [0.1, 0.15) is 24.0 Å². The molecule has 1 fully saturated rings. The Morgan fingerprint density at radius 2 is 2.05 bits per heavy atom. The van der Waals surface area contributed by atoms with Crippen LogP contribution in [0.2, 0.25) is 0 Å². The van der Waals surface area contributed by atoms with Crippen molar-refractivity contribution >= 4 is 12.0 Å². The highest BCUT2D eigenvalue weighted by molar-refractivity contribution is 5.80. The number of aryl methyl sites for hydroxylation is 1. The second-order valence-electron chi connectivity index (χ2n) is 5.52. The molecule has 3 N–H and O–H groups in total. The SMILES string of the molecule is Cc1cc(F)ccc1CCNC(=O)NCC1(C(=O)O)CC1. The fraction of sp³-hybridized carbons (Fsp3) is 0.467. The van der Waals surface area contributed by atoms with Gasteiger partial charge in [0.2, 0.25) is 0 Å². The third-order valence-electron chi connectivity index (χ3n) is 3.88. The van der Waals surface area contributed by atoms with E-state index in [1.165, 1.54) is 12.1 Å². The first kappa shape index (κ1) is 15.3. The zero-order valence-electron chi connectivity index (χ0n) is 11.9. The molecule has 1 saturated carbocycles. The predicted molar refractivity (Wildman–Crippen MR) is 75.5 cm³/mol. The average Bonchev–Trinajstić information content (AvgIpc) is 3.20. The van der Waals surface area contributed by atoms with Gasteiger partial charge in [-0.2, -0.15) is 0 Å². The number of rotatable bonds is 6. The van der Waals surface area contributed by atoms with Crippen LogP contribution >= 0.6 is 0 Å². The van der Waals surface area contributed by atoms with E-state index in [-0.39, 0.29) is 18.4 Å². The monoisotopic (exact) mass is 294 g/mol. The normalized spacial score (nSPS) is 15.3. The number of hydrogen-bond acceptors (Lipinski definition) is 2. The van der Waals surface area contributed by atoms with Gasteiger partial charge in [-0.15, -0.1) is 0 Å². The number of hydrogen-bond donors (Lipinski definition) is 3. The van der Waals surface area contributed by atoms with Gasteiger partial charge in [-0.25, -0.2) is 9.18 Å². The van der Waals surface area contributed by atoms with Crippen LogP contribution in [0.25, 0.3) is 0 Å². The molecule has 21 heavy (non-hydrogen) atoms. The Hall–Kier alpha value is -2.11. The number of amides is 2. The number of halogens is 1. The number of carboxylic acid groups (broad SMARTS) is 1. The molecule has 1 aliphatic rings. The van der Waals surface area contributed by atoms with Gasteiger partial charge in [0.1, 0.15) is 5.82 Å². The lowest BCUT2D eigenvalue weighted by molar-refractivity contribution is -0.143. The van der Waals surface area contributed by atoms with Crippen molar-refractivity contribution in [3.05, 3.63) is 35.1 Å². The number of aliphatic carboxylic acids is 1. The molecule has 5 nitrogen and oxygen atoms in total. The maximum atomic E-state index is 13.0. The molecule has 0 bridgehead atoms. The summed E-state index contributed by atoms with van der Waals surface area (Å²) in [4.78, 5) is 22.6. The van der Waals surface area contributed by atoms with Gasteiger partial charge < -0.3 is 15.7 Å². The lowest BCUT2D eigenvalue weighted by Gasteiger charge is -2.12. The number of benzene rings is 1. The molecule has 1 aromatic carbocycles. The number of urea groups is 1. The van der Waals surface area contributed by atoms with E-state index in [2.05, 4.69) is 10.6 Å². The van der Waals surface area contributed by atoms with Crippen LogP contribution in [0.3, 0.4) is 0 Å². The number of nitrogens with one attached hydrogen (secondary N) is 2. The zero-order chi connectivity index (χ0) is 15.5. The fourth-order valence-corrected chi connectivity index (χ4v) is 2.18. The average molecular weight is 294 g/mol. The minimum Gasteiger partial charge on any atom is -0.481 e. The standard InChI is InChI=1S/C15H19FN2O3/c1-10-8-12(16)3-2-11(10)4-7-17-14(21)18-9-15(5-6-15)13(19)20/h2-3,8H,4-7,9H2,1H3,(H,19,20)(H2,17,18,21). The van der Waals surface area contributed by atoms with E-state index in [0.717, 1.165) is 11.1 Å². The number of carbonyl (C=O) groups excluding carboxylic acids is 1. The Kier molecular flexibility index (Phi) is 4.45. The first-order valence-electron chi connectivity index (χ1n) is 6.93. The molecule has 0 spiro atoms. The van der Waals surface area contributed by atoms with E-state index < -0.39 is 11.4 Å². The maximum absolute atomic E-state index is 13.0. The summed E-state index contributed by atoms with van der Waals surface area (Å²) in [5.41, 5.74) is 1.06. The van der Waals surface area contributed by atoms with E-state index in [1.807, 2.05) is 6.92 Å². The quantitative estimate of drug-likeness (QED) is 0.749. The van der Waals surface area contributed by atoms with E-state index in [4.69, 9.17) is 5.11 Å². The molecule has 114 valence electrons. The highest BCUT2D eigenvalue weighted by Gasteiger charge is 2.50. The Labute approximate surface area is 122 Å². The van der Waals surface area contributed by atoms with Crippen LogP contribution < -0.4 is 10.6 Å². The van der Waals surface area contributed by atoms with Crippen molar-refractivity contribution in [2.45, 2.75) is 26.2 Å². The molecule has 1 aromatic rings. The first-order chi connectivity index (χ1) is 9.93. The fourth-order valence-electron chi connectivity index (χ4n) is 2.18. The number of carbonyl (C=O) groups is 2. The molecule has 0 radical (unpaired) electrons. The van der Waals surface area contributed by atoms with Crippen molar-refractivity contribution < 1.29 is 19.1 Å². The summed E-state index contributed by atoms with van der Waals surface area (Å²) in [6.45, 7) is 2.39. The molecule has 0 atom stereocenters. The molecule has 6 heteroatoms. The lowest BCUT2D eigenvalue weighted by Crippen LogP contribution is -2.41. The van der Waals surface area contributed by atoms with Crippen LogP contribution in [0.15, 0.2) is 18.2 Å². The summed E-state index contributed by atoms with van der Waals surface area (Å²) in [7, 11) is 0. The molecule has 0 unspecified atom stereocenters. The Morgan fingerprint density at radius 1 is 1.33 bits per heavy atom. The topological polar surface area (TPSA) is 78.4 Å². The van der Waals surface area contributed by atoms with Crippen LogP contribution in [0.4, 0.5) is 9.18 Å². The van der Waals surface area contributed by atoms with Crippen molar-refractivity contribution in [1.82, 2.24) is 10.6 Å². The highest BCUT2D eigenvalue weighted by Crippen LogP contribution is 2.45. The zero-order valence-corrected chi connectivity index (χ0v) is 11.9. The summed E-state index contributed by atoms with van der Waals surface area (Å²) < 4.78 is 13.0. The van der Waals surface area contributed by atoms with Crippen molar-refractivity contribution in [3.63, 3.8) is 0 Å². The van der Waals surface area contributed by atoms with E-state index in [9.17, 15) is 14.0 Å². The van der Waals surface area contributed by atoms with Crippen molar-refractivity contribution in [2.24, 2.45) is 5.41 Å². The van der Waals surface area contributed by atoms with Crippen molar-refractivity contribution in [3.8, 4) is 0 Å². The van der Waals surface area contributed by atoms with Gasteiger partial charge >= 0.3 is 12.0 Å². The molecule has 1 aliphatic carbocycles. The highest BCUT2D eigenvalue weighted by atomic mass is 19.1. The molecule has 0 heterocycles. The van der Waals surface area contributed by atoms with Crippen molar-refractivity contribution in [1.29, 1.82) is 0 Å². The number of carboxylic acids is 1. The summed E-state index contributed by atoms with van der Waals surface area (Å²) in [6.07, 6.45) is 1.82. The third-order valence-corrected chi connectivity index (χ3v) is 3.88. The summed E-state index contributed by atoms with van der Waals surface area (Å²) in [5, 5.41) is 14.3. The van der Waals surface area contributed by atoms with Gasteiger partial charge in [0, 0.05) is 13.1 Å².